The number of nitrogens with zero attached hydrogens (tertiary/aromatic N) is 1. The third kappa shape index (κ3) is 18.4. The van der Waals surface area contributed by atoms with E-state index in [9.17, 15) is 14.4 Å². The van der Waals surface area contributed by atoms with Crippen LogP contribution in [0.15, 0.2) is 11.6 Å². The molecule has 0 aromatic heterocycles. The second-order valence-corrected chi connectivity index (χ2v) is 22.9. The maximum atomic E-state index is 13.9. The predicted octanol–water partition coefficient (Wildman–Crippen LogP) is 14.2. The number of fused-ring (bicyclic) bond motifs is 5. The molecule has 0 radical (unpaired) electrons. The van der Waals surface area contributed by atoms with E-state index in [4.69, 9.17) is 10.5 Å². The second-order valence-electron chi connectivity index (χ2n) is 22.9. The van der Waals surface area contributed by atoms with Gasteiger partial charge in [-0.05, 0) is 124 Å². The number of allylic oxidation sites excluding steroid dienone is 1. The minimum absolute atomic E-state index is 0.0247. The molecule has 0 aromatic rings. The molecule has 0 spiro atoms. The number of hydrogen-bond acceptors (Lipinski definition) is 5. The Morgan fingerprint density at radius 2 is 1.32 bits per heavy atom. The van der Waals surface area contributed by atoms with Gasteiger partial charge in [0.2, 0.25) is 11.8 Å². The molecule has 4 aliphatic carbocycles. The molecule has 0 unspecified atom stereocenters. The maximum absolute atomic E-state index is 13.9. The molecule has 0 saturated heterocycles. The summed E-state index contributed by atoms with van der Waals surface area (Å²) in [6, 6.07) is 0. The van der Waals surface area contributed by atoms with Crippen molar-refractivity contribution in [3.63, 3.8) is 0 Å². The summed E-state index contributed by atoms with van der Waals surface area (Å²) >= 11 is 0. The van der Waals surface area contributed by atoms with Crippen LogP contribution in [0.4, 0.5) is 4.79 Å². The number of unbranched alkanes of at least 4 members (excludes halogenated alkanes) is 17. The van der Waals surface area contributed by atoms with E-state index in [1.165, 1.54) is 140 Å². The quantitative estimate of drug-likeness (QED) is 0.0440. The van der Waals surface area contributed by atoms with Crippen LogP contribution >= 0.6 is 0 Å². The number of carbonyl (C=O) groups is 3. The van der Waals surface area contributed by atoms with Gasteiger partial charge in [-0.25, -0.2) is 4.79 Å². The Balaban J connectivity index is 1.19. The third-order valence-corrected chi connectivity index (χ3v) is 17.5. The lowest BCUT2D eigenvalue weighted by atomic mass is 9.47. The van der Waals surface area contributed by atoms with Crippen LogP contribution in [0.5, 0.6) is 0 Å². The minimum atomic E-state index is -0.400. The summed E-state index contributed by atoms with van der Waals surface area (Å²) in [6.45, 7) is 16.9. The molecule has 3 amide bonds. The molecule has 4 N–H and O–H groups in total. The highest BCUT2D eigenvalue weighted by Crippen LogP contribution is 2.67. The smallest absolute Gasteiger partial charge is 0.410 e. The maximum Gasteiger partial charge on any atom is 0.410 e. The van der Waals surface area contributed by atoms with Crippen LogP contribution in [-0.2, 0) is 14.3 Å². The molecule has 0 aliphatic heterocycles. The van der Waals surface area contributed by atoms with Gasteiger partial charge >= 0.3 is 6.09 Å². The van der Waals surface area contributed by atoms with E-state index in [1.807, 2.05) is 0 Å². The number of nitrogens with two attached hydrogens (primary N) is 1. The molecule has 376 valence electrons. The zero-order valence-corrected chi connectivity index (χ0v) is 43.4. The molecule has 0 heterocycles. The fraction of sp³-hybridized carbons (Fsp3) is 0.912. The van der Waals surface area contributed by atoms with Gasteiger partial charge < -0.3 is 21.1 Å². The summed E-state index contributed by atoms with van der Waals surface area (Å²) in [5.74, 6) is 4.72. The Morgan fingerprint density at radius 1 is 0.708 bits per heavy atom. The molecule has 8 atom stereocenters. The van der Waals surface area contributed by atoms with Gasteiger partial charge in [0.1, 0.15) is 12.6 Å². The summed E-state index contributed by atoms with van der Waals surface area (Å²) in [6.07, 6.45) is 40.3. The first-order valence-corrected chi connectivity index (χ1v) is 28.3. The van der Waals surface area contributed by atoms with Crippen molar-refractivity contribution < 1.29 is 19.1 Å². The second kappa shape index (κ2) is 30.4. The lowest BCUT2D eigenvalue weighted by Crippen LogP contribution is -2.51. The SMILES string of the molecule is CCCCCCCCCCCCCCCCCC(=O)NCCCN(CC(=O)NCCCCCCN)C(=O)O[C@H]1CC[C@@]2(C)C(=CC[C@H]3[C@@H]4CC[C@H]([C@H](C)CCCC(C)C)[C@@]4(C)CC[C@@H]32)C1. The van der Waals surface area contributed by atoms with Crippen molar-refractivity contribution in [3.05, 3.63) is 11.6 Å². The highest BCUT2D eigenvalue weighted by Gasteiger charge is 2.59. The van der Waals surface area contributed by atoms with Crippen LogP contribution in [0.3, 0.4) is 0 Å². The predicted molar refractivity (Wildman–Crippen MR) is 273 cm³/mol. The summed E-state index contributed by atoms with van der Waals surface area (Å²) < 4.78 is 6.31. The molecule has 8 heteroatoms. The van der Waals surface area contributed by atoms with Crippen molar-refractivity contribution in [2.24, 2.45) is 52.1 Å². The first-order valence-electron chi connectivity index (χ1n) is 28.3. The van der Waals surface area contributed by atoms with E-state index < -0.39 is 6.09 Å². The molecule has 0 aromatic carbocycles. The van der Waals surface area contributed by atoms with Gasteiger partial charge in [0.25, 0.3) is 0 Å². The van der Waals surface area contributed by atoms with Gasteiger partial charge in [-0.2, -0.15) is 0 Å². The van der Waals surface area contributed by atoms with Gasteiger partial charge in [0.05, 0.1) is 0 Å². The van der Waals surface area contributed by atoms with Gasteiger partial charge in [0, 0.05) is 32.5 Å². The van der Waals surface area contributed by atoms with Crippen LogP contribution in [0.1, 0.15) is 247 Å². The lowest BCUT2D eigenvalue weighted by molar-refractivity contribution is -0.123. The molecular weight excluding hydrogens is 805 g/mol. The monoisotopic (exact) mass is 909 g/mol. The Kier molecular flexibility index (Phi) is 26.0. The first-order chi connectivity index (χ1) is 31.4. The van der Waals surface area contributed by atoms with E-state index in [2.05, 4.69) is 58.3 Å². The number of carbonyl (C=O) groups excluding carboxylic acids is 3. The summed E-state index contributed by atoms with van der Waals surface area (Å²) in [4.78, 5) is 41.3. The van der Waals surface area contributed by atoms with Crippen molar-refractivity contribution >= 4 is 17.9 Å². The highest BCUT2D eigenvalue weighted by atomic mass is 16.6. The molecule has 4 aliphatic rings. The van der Waals surface area contributed by atoms with Gasteiger partial charge in [-0.1, -0.05) is 175 Å². The lowest BCUT2D eigenvalue weighted by Gasteiger charge is -2.58. The number of rotatable bonds is 34. The average molecular weight is 909 g/mol. The molecular formula is C57H104N4O4. The van der Waals surface area contributed by atoms with Crippen molar-refractivity contribution in [1.29, 1.82) is 0 Å². The molecule has 8 nitrogen and oxygen atoms in total. The summed E-state index contributed by atoms with van der Waals surface area (Å²) in [5.41, 5.74) is 7.82. The van der Waals surface area contributed by atoms with Crippen molar-refractivity contribution in [2.75, 3.05) is 32.7 Å². The Hall–Kier alpha value is -2.09. The molecule has 65 heavy (non-hydrogen) atoms. The molecule has 4 rings (SSSR count). The highest BCUT2D eigenvalue weighted by molar-refractivity contribution is 5.82. The van der Waals surface area contributed by atoms with Crippen LogP contribution in [0, 0.1) is 46.3 Å². The minimum Gasteiger partial charge on any atom is -0.446 e. The van der Waals surface area contributed by atoms with E-state index in [1.54, 1.807) is 4.90 Å². The fourth-order valence-corrected chi connectivity index (χ4v) is 13.5. The van der Waals surface area contributed by atoms with Crippen molar-refractivity contribution in [1.82, 2.24) is 15.5 Å². The molecule has 0 bridgehead atoms. The van der Waals surface area contributed by atoms with Gasteiger partial charge in [0.15, 0.2) is 0 Å². The Labute approximate surface area is 400 Å². The Morgan fingerprint density at radius 3 is 1.98 bits per heavy atom. The first kappa shape index (κ1) is 55.5. The standard InChI is InChI=1S/C57H104N4O4/c1-7-8-9-10-11-12-13-14-15-16-17-18-19-20-23-30-53(62)59-41-27-42-61(44-54(63)60-40-25-22-21-24-39-58)55(64)65-48-35-37-56(5)47(43-48)31-32-49-51-34-33-50(46(4)29-26-28-45(2)3)57(51,6)38-36-52(49)56/h31,45-46,48-52H,7-30,32-44,58H2,1-6H3,(H,59,62)(H,60,63)/t46-,48+,49+,50-,51+,52+,56+,57-/m1/s1. The fourth-order valence-electron chi connectivity index (χ4n) is 13.5. The number of nitrogens with one attached hydrogen (secondary N) is 2. The zero-order valence-electron chi connectivity index (χ0n) is 43.4. The normalized spacial score (nSPS) is 26.5. The Bertz CT molecular complexity index is 1380. The molecule has 3 saturated carbocycles. The van der Waals surface area contributed by atoms with Crippen molar-refractivity contribution in [2.45, 2.75) is 253 Å². The van der Waals surface area contributed by atoms with Gasteiger partial charge in [-0.3, -0.25) is 14.5 Å². The van der Waals surface area contributed by atoms with Crippen LogP contribution < -0.4 is 16.4 Å². The topological polar surface area (TPSA) is 114 Å². The number of amides is 3. The van der Waals surface area contributed by atoms with Gasteiger partial charge in [-0.15, -0.1) is 0 Å². The average Bonchev–Trinajstić information content (AvgIpc) is 3.64. The summed E-state index contributed by atoms with van der Waals surface area (Å²) in [7, 11) is 0. The summed E-state index contributed by atoms with van der Waals surface area (Å²) in [5, 5.41) is 6.11. The van der Waals surface area contributed by atoms with Crippen LogP contribution in [-0.4, -0.2) is 61.6 Å². The van der Waals surface area contributed by atoms with E-state index in [0.29, 0.717) is 44.4 Å². The zero-order chi connectivity index (χ0) is 46.9. The van der Waals surface area contributed by atoms with Crippen LogP contribution in [0.25, 0.3) is 0 Å². The largest absolute Gasteiger partial charge is 0.446 e. The van der Waals surface area contributed by atoms with E-state index >= 15 is 0 Å². The van der Waals surface area contributed by atoms with E-state index in [0.717, 1.165) is 93.3 Å². The van der Waals surface area contributed by atoms with E-state index in [-0.39, 0.29) is 29.9 Å². The van der Waals surface area contributed by atoms with Crippen molar-refractivity contribution in [3.8, 4) is 0 Å². The number of hydrogen-bond donors (Lipinski definition) is 3. The molecule has 3 fully saturated rings. The number of ether oxygens (including phenoxy) is 1. The third-order valence-electron chi connectivity index (χ3n) is 17.5. The van der Waals surface area contributed by atoms with Crippen LogP contribution in [0.2, 0.25) is 0 Å².